The maximum Gasteiger partial charge on any atom is 0.238 e. The molecule has 130 valence electrons. The zero-order valence-electron chi connectivity index (χ0n) is 13.8. The van der Waals surface area contributed by atoms with Gasteiger partial charge in [-0.1, -0.05) is 54.2 Å². The SMILES string of the molecule is CCn1c(SCC=Cc2ccccc2)nc2cc(S(N)(=O)=O)ccc21. The molecule has 0 unspecified atom stereocenters. The second kappa shape index (κ2) is 7.43. The molecule has 0 saturated heterocycles. The van der Waals surface area contributed by atoms with Gasteiger partial charge >= 0.3 is 0 Å². The van der Waals surface area contributed by atoms with E-state index in [0.29, 0.717) is 5.52 Å². The lowest BCUT2D eigenvalue weighted by molar-refractivity contribution is 0.598. The van der Waals surface area contributed by atoms with Crippen molar-refractivity contribution in [3.05, 3.63) is 60.2 Å². The molecule has 0 fully saturated rings. The molecule has 0 bridgehead atoms. The summed E-state index contributed by atoms with van der Waals surface area (Å²) in [6.07, 6.45) is 4.17. The van der Waals surface area contributed by atoms with Gasteiger partial charge in [-0.3, -0.25) is 0 Å². The molecule has 0 atom stereocenters. The zero-order valence-corrected chi connectivity index (χ0v) is 15.4. The molecule has 0 aliphatic rings. The molecule has 5 nitrogen and oxygen atoms in total. The molecular weight excluding hydrogens is 354 g/mol. The topological polar surface area (TPSA) is 78.0 Å². The molecule has 3 rings (SSSR count). The van der Waals surface area contributed by atoms with Crippen LogP contribution in [0, 0.1) is 0 Å². The normalized spacial score (nSPS) is 12.2. The Morgan fingerprint density at radius 2 is 1.96 bits per heavy atom. The predicted octanol–water partition coefficient (Wildman–Crippen LogP) is 3.51. The van der Waals surface area contributed by atoms with Crippen LogP contribution in [0.5, 0.6) is 0 Å². The lowest BCUT2D eigenvalue weighted by Gasteiger charge is -2.04. The van der Waals surface area contributed by atoms with Crippen molar-refractivity contribution >= 4 is 38.9 Å². The fraction of sp³-hybridized carbons (Fsp3) is 0.167. The molecule has 2 N–H and O–H groups in total. The third kappa shape index (κ3) is 4.12. The van der Waals surface area contributed by atoms with Crippen LogP contribution in [0.3, 0.4) is 0 Å². The van der Waals surface area contributed by atoms with E-state index < -0.39 is 10.0 Å². The average molecular weight is 374 g/mol. The monoisotopic (exact) mass is 373 g/mol. The van der Waals surface area contributed by atoms with Crippen molar-refractivity contribution in [1.82, 2.24) is 9.55 Å². The molecule has 1 aromatic heterocycles. The van der Waals surface area contributed by atoms with Gasteiger partial charge in [-0.25, -0.2) is 18.5 Å². The lowest BCUT2D eigenvalue weighted by atomic mass is 10.2. The second-order valence-electron chi connectivity index (χ2n) is 5.46. The van der Waals surface area contributed by atoms with Crippen molar-refractivity contribution < 1.29 is 8.42 Å². The Kier molecular flexibility index (Phi) is 5.27. The van der Waals surface area contributed by atoms with Crippen LogP contribution in [0.25, 0.3) is 17.1 Å². The summed E-state index contributed by atoms with van der Waals surface area (Å²) in [5.74, 6) is 0.778. The lowest BCUT2D eigenvalue weighted by Crippen LogP contribution is -2.11. The number of sulfonamides is 1. The number of nitrogens with zero attached hydrogens (tertiary/aromatic N) is 2. The van der Waals surface area contributed by atoms with Gasteiger partial charge in [0, 0.05) is 12.3 Å². The number of rotatable bonds is 6. The van der Waals surface area contributed by atoms with Gasteiger partial charge in [0.1, 0.15) is 0 Å². The molecule has 3 aromatic rings. The molecule has 0 aliphatic heterocycles. The van der Waals surface area contributed by atoms with Gasteiger partial charge in [0.25, 0.3) is 0 Å². The summed E-state index contributed by atoms with van der Waals surface area (Å²) < 4.78 is 25.1. The quantitative estimate of drug-likeness (QED) is 0.671. The van der Waals surface area contributed by atoms with E-state index in [1.165, 1.54) is 12.1 Å². The molecule has 0 amide bonds. The molecule has 0 radical (unpaired) electrons. The van der Waals surface area contributed by atoms with Crippen molar-refractivity contribution in [3.8, 4) is 0 Å². The number of primary sulfonamides is 1. The summed E-state index contributed by atoms with van der Waals surface area (Å²) >= 11 is 1.61. The molecule has 0 spiro atoms. The smallest absolute Gasteiger partial charge is 0.238 e. The van der Waals surface area contributed by atoms with E-state index in [4.69, 9.17) is 5.14 Å². The molecule has 0 saturated carbocycles. The predicted molar refractivity (Wildman–Crippen MR) is 103 cm³/mol. The molecule has 25 heavy (non-hydrogen) atoms. The Morgan fingerprint density at radius 1 is 1.20 bits per heavy atom. The number of hydrogen-bond donors (Lipinski definition) is 1. The highest BCUT2D eigenvalue weighted by atomic mass is 32.2. The summed E-state index contributed by atoms with van der Waals surface area (Å²) in [7, 11) is -3.72. The first-order valence-corrected chi connectivity index (χ1v) is 10.4. The Balaban J connectivity index is 1.82. The van der Waals surface area contributed by atoms with Crippen molar-refractivity contribution in [1.29, 1.82) is 0 Å². The zero-order chi connectivity index (χ0) is 17.9. The highest BCUT2D eigenvalue weighted by Gasteiger charge is 2.14. The Bertz CT molecular complexity index is 1010. The van der Waals surface area contributed by atoms with Crippen LogP contribution in [0.1, 0.15) is 12.5 Å². The fourth-order valence-corrected chi connectivity index (χ4v) is 3.97. The van der Waals surface area contributed by atoms with Crippen LogP contribution in [0.4, 0.5) is 0 Å². The van der Waals surface area contributed by atoms with E-state index >= 15 is 0 Å². The Labute approximate surface area is 151 Å². The maximum atomic E-state index is 11.5. The van der Waals surface area contributed by atoms with Gasteiger partial charge in [-0.05, 0) is 30.7 Å². The molecule has 2 aromatic carbocycles. The van der Waals surface area contributed by atoms with Crippen LogP contribution < -0.4 is 5.14 Å². The summed E-state index contributed by atoms with van der Waals surface area (Å²) in [5, 5.41) is 6.06. The van der Waals surface area contributed by atoms with Crippen molar-refractivity contribution in [2.75, 3.05) is 5.75 Å². The van der Waals surface area contributed by atoms with Gasteiger partial charge < -0.3 is 4.57 Å². The average Bonchev–Trinajstić information content (AvgIpc) is 2.95. The number of imidazole rings is 1. The van der Waals surface area contributed by atoms with Crippen LogP contribution >= 0.6 is 11.8 Å². The number of thioether (sulfide) groups is 1. The largest absolute Gasteiger partial charge is 0.319 e. The number of nitrogens with two attached hydrogens (primary N) is 1. The third-order valence-corrected chi connectivity index (χ3v) is 5.59. The standard InChI is InChI=1S/C18H19N3O2S2/c1-2-21-17-11-10-15(25(19,22)23)13-16(17)20-18(21)24-12-6-9-14-7-4-3-5-8-14/h3-11,13H,2,12H2,1H3,(H2,19,22,23). The molecule has 1 heterocycles. The van der Waals surface area contributed by atoms with Crippen molar-refractivity contribution in [3.63, 3.8) is 0 Å². The van der Waals surface area contributed by atoms with Crippen LogP contribution in [0.15, 0.2) is 64.7 Å². The van der Waals surface area contributed by atoms with E-state index in [9.17, 15) is 8.42 Å². The van der Waals surface area contributed by atoms with E-state index in [1.807, 2.05) is 25.1 Å². The van der Waals surface area contributed by atoms with Gasteiger partial charge in [0.2, 0.25) is 10.0 Å². The van der Waals surface area contributed by atoms with E-state index in [0.717, 1.165) is 28.5 Å². The number of fused-ring (bicyclic) bond motifs is 1. The Morgan fingerprint density at radius 3 is 2.64 bits per heavy atom. The summed E-state index contributed by atoms with van der Waals surface area (Å²) in [4.78, 5) is 4.66. The van der Waals surface area contributed by atoms with E-state index in [2.05, 4.69) is 33.8 Å². The van der Waals surface area contributed by atoms with Gasteiger partial charge in [-0.15, -0.1) is 0 Å². The second-order valence-corrected chi connectivity index (χ2v) is 8.01. The number of benzene rings is 2. The van der Waals surface area contributed by atoms with Gasteiger partial charge in [0.05, 0.1) is 15.9 Å². The minimum absolute atomic E-state index is 0.0845. The molecular formula is C18H19N3O2S2. The molecule has 0 aliphatic carbocycles. The maximum absolute atomic E-state index is 11.5. The fourth-order valence-electron chi connectivity index (χ4n) is 2.55. The van der Waals surface area contributed by atoms with Crippen LogP contribution in [0.2, 0.25) is 0 Å². The highest BCUT2D eigenvalue weighted by molar-refractivity contribution is 7.99. The number of hydrogen-bond acceptors (Lipinski definition) is 4. The number of aryl methyl sites for hydroxylation is 1. The van der Waals surface area contributed by atoms with Crippen LogP contribution in [-0.4, -0.2) is 23.7 Å². The first-order valence-electron chi connectivity index (χ1n) is 7.86. The third-order valence-electron chi connectivity index (χ3n) is 3.75. The summed E-state index contributed by atoms with van der Waals surface area (Å²) in [5.41, 5.74) is 2.71. The van der Waals surface area contributed by atoms with Crippen molar-refractivity contribution in [2.24, 2.45) is 5.14 Å². The first kappa shape index (κ1) is 17.7. The summed E-state index contributed by atoms with van der Waals surface area (Å²) in [6.45, 7) is 2.80. The van der Waals surface area contributed by atoms with Gasteiger partial charge in [-0.2, -0.15) is 0 Å². The van der Waals surface area contributed by atoms with E-state index in [1.54, 1.807) is 17.8 Å². The van der Waals surface area contributed by atoms with E-state index in [-0.39, 0.29) is 4.90 Å². The highest BCUT2D eigenvalue weighted by Crippen LogP contribution is 2.26. The first-order chi connectivity index (χ1) is 12.0. The van der Waals surface area contributed by atoms with Crippen LogP contribution in [-0.2, 0) is 16.6 Å². The van der Waals surface area contributed by atoms with Gasteiger partial charge in [0.15, 0.2) is 5.16 Å². The minimum atomic E-state index is -3.72. The molecule has 7 heteroatoms. The minimum Gasteiger partial charge on any atom is -0.319 e. The van der Waals surface area contributed by atoms with Crippen molar-refractivity contribution in [2.45, 2.75) is 23.5 Å². The Hall–Kier alpha value is -2.09. The summed E-state index contributed by atoms with van der Waals surface area (Å²) in [6, 6.07) is 14.9. The number of aromatic nitrogens is 2.